The van der Waals surface area contributed by atoms with Gasteiger partial charge in [-0.25, -0.2) is 9.13 Å². The standard InChI is InChI=1S/C80H156O17P2/c1-8-10-11-44-54-61-77(82)90-67-75(96-79(84)63-56-50-43-37-31-25-19-18-22-28-34-40-47-53-60-73(7)9-2)69-94-98(86,87)92-65-74(81)66-93-99(88,89)95-70-76(97-80(85)64-57-49-42-36-30-24-17-13-15-21-27-33-39-46-52-59-72(5)6)68-91-78(83)62-55-48-41-35-29-23-16-12-14-20-26-32-38-45-51-58-71(3)4/h71-76,81H,8-70H2,1-7H3,(H,86,87)(H,88,89)/t73?,74-,75+,76+/m0/s1. The van der Waals surface area contributed by atoms with Crippen LogP contribution in [0.15, 0.2) is 0 Å². The van der Waals surface area contributed by atoms with Crippen molar-refractivity contribution in [1.29, 1.82) is 0 Å². The van der Waals surface area contributed by atoms with Gasteiger partial charge in [-0.05, 0) is 43.4 Å². The molecule has 0 spiro atoms. The second-order valence-corrected chi connectivity index (χ2v) is 32.9. The van der Waals surface area contributed by atoms with Gasteiger partial charge in [0.25, 0.3) is 0 Å². The Balaban J connectivity index is 5.12. The summed E-state index contributed by atoms with van der Waals surface area (Å²) in [5.74, 6) is 0.332. The molecule has 588 valence electrons. The maximum absolute atomic E-state index is 13.1. The fourth-order valence-electron chi connectivity index (χ4n) is 12.3. The first-order chi connectivity index (χ1) is 47.8. The van der Waals surface area contributed by atoms with Crippen molar-refractivity contribution in [3.05, 3.63) is 0 Å². The van der Waals surface area contributed by atoms with E-state index in [1.54, 1.807) is 0 Å². The zero-order valence-corrected chi connectivity index (χ0v) is 66.8. The van der Waals surface area contributed by atoms with Crippen LogP contribution in [0, 0.1) is 17.8 Å². The summed E-state index contributed by atoms with van der Waals surface area (Å²) < 4.78 is 68.5. The zero-order valence-electron chi connectivity index (χ0n) is 65.0. The van der Waals surface area contributed by atoms with Gasteiger partial charge in [0.1, 0.15) is 19.3 Å². The van der Waals surface area contributed by atoms with Gasteiger partial charge in [0.2, 0.25) is 0 Å². The van der Waals surface area contributed by atoms with Crippen LogP contribution in [0.3, 0.4) is 0 Å². The minimum absolute atomic E-state index is 0.107. The lowest BCUT2D eigenvalue weighted by molar-refractivity contribution is -0.161. The topological polar surface area (TPSA) is 237 Å². The van der Waals surface area contributed by atoms with E-state index >= 15 is 0 Å². The number of phosphoric acid groups is 2. The molecule has 0 radical (unpaired) electrons. The van der Waals surface area contributed by atoms with E-state index in [1.807, 2.05) is 0 Å². The molecular weight excluding hydrogens is 1290 g/mol. The Morgan fingerprint density at radius 1 is 0.293 bits per heavy atom. The van der Waals surface area contributed by atoms with Gasteiger partial charge in [0.05, 0.1) is 26.4 Å². The minimum Gasteiger partial charge on any atom is -0.462 e. The van der Waals surface area contributed by atoms with E-state index in [0.29, 0.717) is 25.7 Å². The normalized spacial score (nSPS) is 14.3. The number of carbonyl (C=O) groups excluding carboxylic acids is 4. The number of ether oxygens (including phenoxy) is 4. The second-order valence-electron chi connectivity index (χ2n) is 30.0. The number of aliphatic hydroxyl groups is 1. The quantitative estimate of drug-likeness (QED) is 0.0222. The van der Waals surface area contributed by atoms with Gasteiger partial charge in [-0.1, -0.05) is 363 Å². The number of aliphatic hydroxyl groups excluding tert-OH is 1. The molecule has 0 saturated carbocycles. The molecule has 0 aliphatic heterocycles. The molecule has 19 heteroatoms. The molecule has 0 aliphatic carbocycles. The first-order valence-electron chi connectivity index (χ1n) is 41.4. The lowest BCUT2D eigenvalue weighted by atomic mass is 9.99. The lowest BCUT2D eigenvalue weighted by Gasteiger charge is -2.21. The maximum atomic E-state index is 13.1. The summed E-state index contributed by atoms with van der Waals surface area (Å²) in [4.78, 5) is 72.7. The van der Waals surface area contributed by atoms with Gasteiger partial charge in [0.15, 0.2) is 12.2 Å². The number of unbranched alkanes of at least 4 members (excludes halogenated alkanes) is 45. The predicted octanol–water partition coefficient (Wildman–Crippen LogP) is 23.7. The number of phosphoric ester groups is 2. The number of carbonyl (C=O) groups is 4. The molecule has 0 rings (SSSR count). The highest BCUT2D eigenvalue weighted by Gasteiger charge is 2.30. The largest absolute Gasteiger partial charge is 0.472 e. The summed E-state index contributed by atoms with van der Waals surface area (Å²) >= 11 is 0. The summed E-state index contributed by atoms with van der Waals surface area (Å²) in [6.45, 7) is 12.0. The molecule has 0 bridgehead atoms. The van der Waals surface area contributed by atoms with Gasteiger partial charge < -0.3 is 33.8 Å². The van der Waals surface area contributed by atoms with E-state index in [0.717, 1.165) is 114 Å². The minimum atomic E-state index is -4.96. The fraction of sp³-hybridized carbons (Fsp3) is 0.950. The van der Waals surface area contributed by atoms with Crippen LogP contribution in [-0.4, -0.2) is 96.7 Å². The Kier molecular flexibility index (Phi) is 69.0. The van der Waals surface area contributed by atoms with Crippen LogP contribution in [0.5, 0.6) is 0 Å². The third-order valence-corrected chi connectivity index (χ3v) is 20.9. The van der Waals surface area contributed by atoms with E-state index in [1.165, 1.54) is 218 Å². The average molecular weight is 1450 g/mol. The molecule has 0 aromatic carbocycles. The van der Waals surface area contributed by atoms with Gasteiger partial charge in [0, 0.05) is 25.7 Å². The first kappa shape index (κ1) is 97.1. The molecule has 3 N–H and O–H groups in total. The summed E-state index contributed by atoms with van der Waals surface area (Å²) in [5.41, 5.74) is 0. The van der Waals surface area contributed by atoms with Gasteiger partial charge in [-0.15, -0.1) is 0 Å². The molecule has 0 fully saturated rings. The Morgan fingerprint density at radius 2 is 0.515 bits per heavy atom. The number of esters is 4. The summed E-state index contributed by atoms with van der Waals surface area (Å²) in [6.07, 6.45) is 58.6. The molecule has 0 saturated heterocycles. The lowest BCUT2D eigenvalue weighted by Crippen LogP contribution is -2.30. The third kappa shape index (κ3) is 72.8. The Bertz CT molecular complexity index is 1920. The summed E-state index contributed by atoms with van der Waals surface area (Å²) in [5, 5.41) is 10.6. The molecule has 0 aliphatic rings. The Labute approximate surface area is 607 Å². The molecule has 17 nitrogen and oxygen atoms in total. The van der Waals surface area contributed by atoms with Crippen LogP contribution < -0.4 is 0 Å². The number of rotatable bonds is 78. The van der Waals surface area contributed by atoms with E-state index in [9.17, 15) is 43.2 Å². The highest BCUT2D eigenvalue weighted by molar-refractivity contribution is 7.47. The van der Waals surface area contributed by atoms with Gasteiger partial charge in [-0.2, -0.15) is 0 Å². The van der Waals surface area contributed by atoms with Crippen LogP contribution in [0.2, 0.25) is 0 Å². The Morgan fingerprint density at radius 3 is 0.768 bits per heavy atom. The van der Waals surface area contributed by atoms with Crippen molar-refractivity contribution in [2.45, 2.75) is 433 Å². The highest BCUT2D eigenvalue weighted by atomic mass is 31.2. The SMILES string of the molecule is CCCCCCCC(=O)OC[C@H](COP(=O)(O)OC[C@H](O)COP(=O)(O)OC[C@@H](COC(=O)CCCCCCCCCCCCCCCCCC(C)C)OC(=O)CCCCCCCCCCCCCCCCCC(C)C)OC(=O)CCCCCCCCCCCCCCCCC(C)CC. The predicted molar refractivity (Wildman–Crippen MR) is 405 cm³/mol. The Hall–Kier alpha value is -1.94. The number of hydrogen-bond donors (Lipinski definition) is 3. The molecule has 99 heavy (non-hydrogen) atoms. The van der Waals surface area contributed by atoms with Crippen LogP contribution in [-0.2, 0) is 65.4 Å². The first-order valence-corrected chi connectivity index (χ1v) is 44.4. The third-order valence-electron chi connectivity index (χ3n) is 19.0. The van der Waals surface area contributed by atoms with Crippen molar-refractivity contribution in [2.75, 3.05) is 39.6 Å². The van der Waals surface area contributed by atoms with Crippen LogP contribution in [0.1, 0.15) is 414 Å². The van der Waals surface area contributed by atoms with Crippen LogP contribution >= 0.6 is 15.6 Å². The van der Waals surface area contributed by atoms with Gasteiger partial charge >= 0.3 is 39.5 Å². The van der Waals surface area contributed by atoms with Crippen molar-refractivity contribution in [3.63, 3.8) is 0 Å². The highest BCUT2D eigenvalue weighted by Crippen LogP contribution is 2.45. The molecule has 0 heterocycles. The van der Waals surface area contributed by atoms with Crippen molar-refractivity contribution in [1.82, 2.24) is 0 Å². The summed E-state index contributed by atoms with van der Waals surface area (Å²) in [7, 11) is -9.91. The van der Waals surface area contributed by atoms with E-state index in [-0.39, 0.29) is 25.7 Å². The summed E-state index contributed by atoms with van der Waals surface area (Å²) in [6, 6.07) is 0. The van der Waals surface area contributed by atoms with Crippen molar-refractivity contribution >= 4 is 39.5 Å². The molecule has 6 atom stereocenters. The van der Waals surface area contributed by atoms with E-state index < -0.39 is 97.5 Å². The average Bonchev–Trinajstić information content (AvgIpc) is 1.03. The van der Waals surface area contributed by atoms with Crippen molar-refractivity contribution in [2.24, 2.45) is 17.8 Å². The zero-order chi connectivity index (χ0) is 73.0. The molecule has 0 aromatic rings. The molecule has 0 amide bonds. The molecule has 3 unspecified atom stereocenters. The molecule has 0 aromatic heterocycles. The second kappa shape index (κ2) is 70.4. The van der Waals surface area contributed by atoms with E-state index in [4.69, 9.17) is 37.0 Å². The van der Waals surface area contributed by atoms with Gasteiger partial charge in [-0.3, -0.25) is 37.3 Å². The maximum Gasteiger partial charge on any atom is 0.472 e. The smallest absolute Gasteiger partial charge is 0.462 e. The fourth-order valence-corrected chi connectivity index (χ4v) is 13.9. The number of hydrogen-bond acceptors (Lipinski definition) is 15. The van der Waals surface area contributed by atoms with Crippen molar-refractivity contribution < 1.29 is 80.2 Å². The monoisotopic (exact) mass is 1450 g/mol. The van der Waals surface area contributed by atoms with Crippen LogP contribution in [0.25, 0.3) is 0 Å². The van der Waals surface area contributed by atoms with Crippen molar-refractivity contribution in [3.8, 4) is 0 Å². The molecular formula is C80H156O17P2. The van der Waals surface area contributed by atoms with Crippen LogP contribution in [0.4, 0.5) is 0 Å². The van der Waals surface area contributed by atoms with E-state index in [2.05, 4.69) is 48.5 Å².